The van der Waals surface area contributed by atoms with Crippen LogP contribution >= 0.6 is 26.2 Å². The second kappa shape index (κ2) is 9.53. The van der Waals surface area contributed by atoms with E-state index >= 15 is 0 Å². The van der Waals surface area contributed by atoms with Gasteiger partial charge < -0.3 is 0 Å². The van der Waals surface area contributed by atoms with E-state index in [1.165, 1.54) is 28.4 Å². The first kappa shape index (κ1) is 17.6. The highest BCUT2D eigenvalue weighted by Crippen LogP contribution is 2.09. The lowest BCUT2D eigenvalue weighted by molar-refractivity contribution is 0.956. The number of allylic oxidation sites excluding steroid dienone is 4. The maximum Gasteiger partial charge on any atom is -0.00887 e. The van der Waals surface area contributed by atoms with Crippen molar-refractivity contribution in [3.63, 3.8) is 0 Å². The van der Waals surface area contributed by atoms with Crippen LogP contribution in [0.4, 0.5) is 0 Å². The fourth-order valence-electron chi connectivity index (χ4n) is 1.69. The van der Waals surface area contributed by atoms with Gasteiger partial charge in [-0.3, -0.25) is 0 Å². The van der Waals surface area contributed by atoms with Crippen LogP contribution in [-0.2, 0) is 6.42 Å². The highest BCUT2D eigenvalue weighted by molar-refractivity contribution is 8.93. The molecule has 0 saturated heterocycles. The molecule has 18 heavy (non-hydrogen) atoms. The van der Waals surface area contributed by atoms with Crippen molar-refractivity contribution in [2.24, 2.45) is 0 Å². The van der Waals surface area contributed by atoms with Crippen molar-refractivity contribution in [2.75, 3.05) is 0 Å². The molecule has 0 N–H and O–H groups in total. The fourth-order valence-corrected chi connectivity index (χ4v) is 2.02. The summed E-state index contributed by atoms with van der Waals surface area (Å²) in [5.41, 5.74) is 4.29. The molecule has 0 fully saturated rings. The first-order valence-corrected chi connectivity index (χ1v) is 6.79. The lowest BCUT2D eigenvalue weighted by atomic mass is 10.1. The topological polar surface area (TPSA) is 0 Å². The fraction of sp³-hybridized carbons (Fsp3) is 0.375. The summed E-state index contributed by atoms with van der Waals surface area (Å²) in [5, 5.41) is 1.31. The van der Waals surface area contributed by atoms with Gasteiger partial charge in [0.25, 0.3) is 0 Å². The zero-order valence-electron chi connectivity index (χ0n) is 11.6. The Morgan fingerprint density at radius 1 is 1.11 bits per heavy atom. The number of halogens is 1. The first-order chi connectivity index (χ1) is 8.09. The minimum atomic E-state index is 0. The predicted octanol–water partition coefficient (Wildman–Crippen LogP) is 5.00. The van der Waals surface area contributed by atoms with E-state index in [0.717, 1.165) is 12.8 Å². The van der Waals surface area contributed by atoms with Crippen molar-refractivity contribution in [2.45, 2.75) is 40.0 Å². The average Bonchev–Trinajstić information content (AvgIpc) is 2.27. The molecule has 0 radical (unpaired) electrons. The third-order valence-corrected chi connectivity index (χ3v) is 3.38. The molecule has 1 unspecified atom stereocenters. The Morgan fingerprint density at radius 3 is 2.39 bits per heavy atom. The Balaban J connectivity index is 0.00000289. The molecule has 0 heterocycles. The van der Waals surface area contributed by atoms with Crippen molar-refractivity contribution in [1.29, 1.82) is 0 Å². The molecule has 0 saturated carbocycles. The van der Waals surface area contributed by atoms with E-state index in [1.54, 1.807) is 0 Å². The van der Waals surface area contributed by atoms with Gasteiger partial charge >= 0.3 is 0 Å². The van der Waals surface area contributed by atoms with E-state index in [2.05, 4.69) is 66.4 Å². The van der Waals surface area contributed by atoms with E-state index in [9.17, 15) is 0 Å². The molecule has 0 spiro atoms. The SMILES string of the molecule is Br.CC(C)=CCC/C(C)=C/Cc1ccccc1P. The van der Waals surface area contributed by atoms with Gasteiger partial charge in [0.1, 0.15) is 0 Å². The average molecular weight is 327 g/mol. The second-order valence-electron chi connectivity index (χ2n) is 4.77. The maximum atomic E-state index is 2.80. The van der Waals surface area contributed by atoms with Crippen LogP contribution in [0.5, 0.6) is 0 Å². The van der Waals surface area contributed by atoms with Gasteiger partial charge in [-0.15, -0.1) is 26.2 Å². The normalized spacial score (nSPS) is 10.8. The zero-order valence-corrected chi connectivity index (χ0v) is 14.4. The summed E-state index contributed by atoms with van der Waals surface area (Å²) >= 11 is 0. The summed E-state index contributed by atoms with van der Waals surface area (Å²) < 4.78 is 0. The maximum absolute atomic E-state index is 2.80. The highest BCUT2D eigenvalue weighted by Gasteiger charge is 1.95. The molecule has 100 valence electrons. The number of hydrogen-bond donors (Lipinski definition) is 0. The smallest absolute Gasteiger partial charge is 0.00887 e. The van der Waals surface area contributed by atoms with Gasteiger partial charge in [-0.05, 0) is 50.9 Å². The summed E-state index contributed by atoms with van der Waals surface area (Å²) in [6.45, 7) is 6.54. The molecule has 0 aromatic heterocycles. The standard InChI is InChI=1S/C16H23P.BrH/c1-13(2)7-6-8-14(3)11-12-15-9-4-5-10-16(15)17;/h4-5,7,9-11H,6,8,12,17H2,1-3H3;1H/b14-11+;. The quantitative estimate of drug-likeness (QED) is 0.527. The Bertz CT molecular complexity index is 415. The molecule has 1 atom stereocenters. The minimum absolute atomic E-state index is 0. The van der Waals surface area contributed by atoms with Crippen LogP contribution in [0, 0.1) is 0 Å². The molecule has 0 amide bonds. The lowest BCUT2D eigenvalue weighted by Crippen LogP contribution is -1.99. The van der Waals surface area contributed by atoms with Gasteiger partial charge in [-0.2, -0.15) is 0 Å². The van der Waals surface area contributed by atoms with E-state index in [-0.39, 0.29) is 17.0 Å². The van der Waals surface area contributed by atoms with Crippen molar-refractivity contribution >= 4 is 31.5 Å². The van der Waals surface area contributed by atoms with Gasteiger partial charge in [0.05, 0.1) is 0 Å². The summed E-state index contributed by atoms with van der Waals surface area (Å²) in [6.07, 6.45) is 8.03. The van der Waals surface area contributed by atoms with Gasteiger partial charge in [0, 0.05) is 0 Å². The highest BCUT2D eigenvalue weighted by atomic mass is 79.9. The molecule has 1 aromatic rings. The van der Waals surface area contributed by atoms with Crippen molar-refractivity contribution in [3.05, 3.63) is 53.1 Å². The van der Waals surface area contributed by atoms with E-state index in [0.29, 0.717) is 0 Å². The summed E-state index contributed by atoms with van der Waals surface area (Å²) in [4.78, 5) is 0. The number of hydrogen-bond acceptors (Lipinski definition) is 0. The molecule has 1 aromatic carbocycles. The third kappa shape index (κ3) is 7.13. The molecule has 0 nitrogen and oxygen atoms in total. The van der Waals surface area contributed by atoms with Crippen LogP contribution < -0.4 is 5.30 Å². The van der Waals surface area contributed by atoms with Gasteiger partial charge in [0.2, 0.25) is 0 Å². The predicted molar refractivity (Wildman–Crippen MR) is 92.2 cm³/mol. The Morgan fingerprint density at radius 2 is 1.78 bits per heavy atom. The summed E-state index contributed by atoms with van der Waals surface area (Å²) in [5.74, 6) is 0. The van der Waals surface area contributed by atoms with Gasteiger partial charge in [0.15, 0.2) is 0 Å². The second-order valence-corrected chi connectivity index (χ2v) is 5.40. The Hall–Kier alpha value is -0.390. The van der Waals surface area contributed by atoms with E-state index in [1.807, 2.05) is 0 Å². The van der Waals surface area contributed by atoms with E-state index < -0.39 is 0 Å². The Labute approximate surface area is 125 Å². The molecule has 0 aliphatic rings. The summed E-state index contributed by atoms with van der Waals surface area (Å²) in [7, 11) is 2.80. The number of rotatable bonds is 5. The molecule has 2 heteroatoms. The van der Waals surface area contributed by atoms with Crippen molar-refractivity contribution in [1.82, 2.24) is 0 Å². The molecular formula is C16H24BrP. The van der Waals surface area contributed by atoms with Gasteiger partial charge in [-0.1, -0.05) is 47.6 Å². The van der Waals surface area contributed by atoms with Crippen LogP contribution in [0.25, 0.3) is 0 Å². The van der Waals surface area contributed by atoms with E-state index in [4.69, 9.17) is 0 Å². The van der Waals surface area contributed by atoms with Crippen molar-refractivity contribution in [3.8, 4) is 0 Å². The Kier molecular flexibility index (Phi) is 9.32. The molecule has 0 bridgehead atoms. The van der Waals surface area contributed by atoms with Crippen LogP contribution in [0.3, 0.4) is 0 Å². The monoisotopic (exact) mass is 326 g/mol. The molecule has 0 aliphatic carbocycles. The van der Waals surface area contributed by atoms with Gasteiger partial charge in [-0.25, -0.2) is 0 Å². The third-order valence-electron chi connectivity index (χ3n) is 2.82. The lowest BCUT2D eigenvalue weighted by Gasteiger charge is -2.03. The number of benzene rings is 1. The minimum Gasteiger partial charge on any atom is -0.114 e. The zero-order chi connectivity index (χ0) is 12.7. The van der Waals surface area contributed by atoms with Crippen LogP contribution in [-0.4, -0.2) is 0 Å². The summed E-state index contributed by atoms with van der Waals surface area (Å²) in [6, 6.07) is 8.53. The first-order valence-electron chi connectivity index (χ1n) is 6.22. The van der Waals surface area contributed by atoms with Crippen LogP contribution in [0.2, 0.25) is 0 Å². The molecule has 0 aliphatic heterocycles. The van der Waals surface area contributed by atoms with Crippen LogP contribution in [0.1, 0.15) is 39.2 Å². The largest absolute Gasteiger partial charge is 0.114 e. The molecule has 1 rings (SSSR count). The van der Waals surface area contributed by atoms with Crippen molar-refractivity contribution < 1.29 is 0 Å². The molecular weight excluding hydrogens is 303 g/mol. The van der Waals surface area contributed by atoms with Crippen LogP contribution in [0.15, 0.2) is 47.6 Å².